The molecule has 1 atom stereocenters. The van der Waals surface area contributed by atoms with Gasteiger partial charge in [0.1, 0.15) is 18.5 Å². The molecule has 1 saturated heterocycles. The summed E-state index contributed by atoms with van der Waals surface area (Å²) < 4.78 is 11.1. The number of aromatic nitrogens is 1. The molecule has 0 radical (unpaired) electrons. The van der Waals surface area contributed by atoms with Crippen molar-refractivity contribution in [1.29, 1.82) is 0 Å². The fourth-order valence-electron chi connectivity index (χ4n) is 1.69. The summed E-state index contributed by atoms with van der Waals surface area (Å²) in [5.41, 5.74) is 0.744. The highest BCUT2D eigenvalue weighted by Gasteiger charge is 2.15. The first-order chi connectivity index (χ1) is 8.38. The molecule has 0 aromatic carbocycles. The summed E-state index contributed by atoms with van der Waals surface area (Å²) in [5, 5.41) is 8.62. The van der Waals surface area contributed by atoms with Crippen molar-refractivity contribution in [2.45, 2.75) is 18.9 Å². The molecule has 17 heavy (non-hydrogen) atoms. The Labute approximate surface area is 101 Å². The van der Waals surface area contributed by atoms with Gasteiger partial charge in [0.25, 0.3) is 0 Å². The van der Waals surface area contributed by atoms with Crippen molar-refractivity contribution < 1.29 is 14.6 Å². The van der Waals surface area contributed by atoms with Crippen molar-refractivity contribution in [3.05, 3.63) is 24.0 Å². The molecule has 1 aliphatic rings. The van der Waals surface area contributed by atoms with E-state index < -0.39 is 0 Å². The third-order valence-electron chi connectivity index (χ3n) is 2.45. The average molecular weight is 233 g/mol. The maximum atomic E-state index is 8.62. The maximum absolute atomic E-state index is 8.62. The number of rotatable bonds is 2. The van der Waals surface area contributed by atoms with Gasteiger partial charge in [-0.25, -0.2) is 0 Å². The third kappa shape index (κ3) is 3.74. The van der Waals surface area contributed by atoms with Crippen LogP contribution in [0.3, 0.4) is 0 Å². The van der Waals surface area contributed by atoms with Crippen LogP contribution in [0.15, 0.2) is 18.5 Å². The molecule has 4 nitrogen and oxygen atoms in total. The highest BCUT2D eigenvalue weighted by molar-refractivity contribution is 5.36. The predicted molar refractivity (Wildman–Crippen MR) is 62.7 cm³/mol. The average Bonchev–Trinajstić information content (AvgIpc) is 2.38. The molecule has 4 heteroatoms. The fraction of sp³-hybridized carbons (Fsp3) is 0.462. The lowest BCUT2D eigenvalue weighted by molar-refractivity contribution is 0.00727. The lowest BCUT2D eigenvalue weighted by Gasteiger charge is -2.23. The first-order valence-corrected chi connectivity index (χ1v) is 5.67. The van der Waals surface area contributed by atoms with Crippen molar-refractivity contribution in [2.24, 2.45) is 0 Å². The minimum atomic E-state index is -0.151. The van der Waals surface area contributed by atoms with Gasteiger partial charge in [0.15, 0.2) is 0 Å². The van der Waals surface area contributed by atoms with Crippen LogP contribution in [-0.2, 0) is 4.74 Å². The summed E-state index contributed by atoms with van der Waals surface area (Å²) in [6.45, 7) is 1.30. The van der Waals surface area contributed by atoms with Gasteiger partial charge in [-0.2, -0.15) is 0 Å². The van der Waals surface area contributed by atoms with Gasteiger partial charge in [-0.15, -0.1) is 0 Å². The van der Waals surface area contributed by atoms with Crippen molar-refractivity contribution in [3.8, 4) is 17.6 Å². The molecule has 0 spiro atoms. The lowest BCUT2D eigenvalue weighted by atomic mass is 10.2. The number of nitrogens with zero attached hydrogens (tertiary/aromatic N) is 1. The molecule has 1 aromatic rings. The summed E-state index contributed by atoms with van der Waals surface area (Å²) in [4.78, 5) is 4.05. The Morgan fingerprint density at radius 2 is 2.47 bits per heavy atom. The van der Waals surface area contributed by atoms with E-state index in [0.29, 0.717) is 12.4 Å². The molecule has 1 aromatic heterocycles. The first kappa shape index (κ1) is 11.9. The molecular formula is C13H15NO3. The van der Waals surface area contributed by atoms with Crippen LogP contribution < -0.4 is 4.74 Å². The third-order valence-corrected chi connectivity index (χ3v) is 2.45. The summed E-state index contributed by atoms with van der Waals surface area (Å²) >= 11 is 0. The standard InChI is InChI=1S/C13H15NO3/c15-5-1-3-11-7-13(9-14-8-11)17-12-4-2-6-16-10-12/h7-9,12,15H,2,4-6,10H2. The predicted octanol–water partition coefficient (Wildman–Crippen LogP) is 0.983. The van der Waals surface area contributed by atoms with Gasteiger partial charge in [-0.1, -0.05) is 11.8 Å². The number of hydrogen-bond donors (Lipinski definition) is 1. The van der Waals surface area contributed by atoms with Crippen LogP contribution in [0.5, 0.6) is 5.75 Å². The van der Waals surface area contributed by atoms with E-state index in [1.54, 1.807) is 12.4 Å². The van der Waals surface area contributed by atoms with Crippen LogP contribution >= 0.6 is 0 Å². The van der Waals surface area contributed by atoms with Gasteiger partial charge in [-0.3, -0.25) is 4.98 Å². The van der Waals surface area contributed by atoms with Gasteiger partial charge >= 0.3 is 0 Å². The SMILES string of the molecule is OCC#Cc1cncc(OC2CCCOC2)c1. The van der Waals surface area contributed by atoms with Crippen LogP contribution in [0.25, 0.3) is 0 Å². The molecule has 1 aliphatic heterocycles. The molecule has 1 fully saturated rings. The number of ether oxygens (including phenoxy) is 2. The van der Waals surface area contributed by atoms with Crippen molar-refractivity contribution in [2.75, 3.05) is 19.8 Å². The number of hydrogen-bond acceptors (Lipinski definition) is 4. The molecule has 1 unspecified atom stereocenters. The number of aliphatic hydroxyl groups is 1. The zero-order valence-corrected chi connectivity index (χ0v) is 9.56. The van der Waals surface area contributed by atoms with E-state index in [4.69, 9.17) is 14.6 Å². The van der Waals surface area contributed by atoms with E-state index >= 15 is 0 Å². The van der Waals surface area contributed by atoms with E-state index in [1.807, 2.05) is 6.07 Å². The van der Waals surface area contributed by atoms with E-state index in [-0.39, 0.29) is 12.7 Å². The smallest absolute Gasteiger partial charge is 0.139 e. The van der Waals surface area contributed by atoms with Gasteiger partial charge < -0.3 is 14.6 Å². The van der Waals surface area contributed by atoms with Crippen LogP contribution in [0.2, 0.25) is 0 Å². The Morgan fingerprint density at radius 3 is 3.24 bits per heavy atom. The molecule has 0 saturated carbocycles. The van der Waals surface area contributed by atoms with Crippen molar-refractivity contribution in [1.82, 2.24) is 4.98 Å². The van der Waals surface area contributed by atoms with E-state index in [0.717, 1.165) is 25.0 Å². The number of pyridine rings is 1. The lowest BCUT2D eigenvalue weighted by Crippen LogP contribution is -2.28. The quantitative estimate of drug-likeness (QED) is 0.774. The van der Waals surface area contributed by atoms with Crippen LogP contribution in [0, 0.1) is 11.8 Å². The molecule has 0 amide bonds. The topological polar surface area (TPSA) is 51.6 Å². The van der Waals surface area contributed by atoms with E-state index in [2.05, 4.69) is 16.8 Å². The second-order valence-corrected chi connectivity index (χ2v) is 3.83. The molecule has 2 heterocycles. The fourth-order valence-corrected chi connectivity index (χ4v) is 1.69. The van der Waals surface area contributed by atoms with E-state index in [9.17, 15) is 0 Å². The molecule has 0 aliphatic carbocycles. The maximum Gasteiger partial charge on any atom is 0.139 e. The Morgan fingerprint density at radius 1 is 1.53 bits per heavy atom. The molecule has 2 rings (SSSR count). The largest absolute Gasteiger partial charge is 0.486 e. The van der Waals surface area contributed by atoms with Gasteiger partial charge in [0.05, 0.1) is 12.8 Å². The Kier molecular flexibility index (Phi) is 4.37. The highest BCUT2D eigenvalue weighted by Crippen LogP contribution is 2.17. The van der Waals surface area contributed by atoms with Crippen LogP contribution in [-0.4, -0.2) is 36.0 Å². The Balaban J connectivity index is 2.00. The van der Waals surface area contributed by atoms with Crippen molar-refractivity contribution in [3.63, 3.8) is 0 Å². The van der Waals surface area contributed by atoms with Crippen LogP contribution in [0.4, 0.5) is 0 Å². The molecule has 1 N–H and O–H groups in total. The minimum Gasteiger partial charge on any atom is -0.486 e. The first-order valence-electron chi connectivity index (χ1n) is 5.67. The Bertz CT molecular complexity index is 416. The van der Waals surface area contributed by atoms with Gasteiger partial charge in [-0.05, 0) is 18.9 Å². The summed E-state index contributed by atoms with van der Waals surface area (Å²) in [5.74, 6) is 6.08. The zero-order chi connectivity index (χ0) is 11.9. The van der Waals surface area contributed by atoms with Crippen molar-refractivity contribution >= 4 is 0 Å². The highest BCUT2D eigenvalue weighted by atomic mass is 16.5. The molecular weight excluding hydrogens is 218 g/mol. The Hall–Kier alpha value is -1.57. The minimum absolute atomic E-state index is 0.103. The number of aliphatic hydroxyl groups excluding tert-OH is 1. The summed E-state index contributed by atoms with van der Waals surface area (Å²) in [7, 11) is 0. The zero-order valence-electron chi connectivity index (χ0n) is 9.56. The molecule has 0 bridgehead atoms. The second-order valence-electron chi connectivity index (χ2n) is 3.83. The van der Waals surface area contributed by atoms with E-state index in [1.165, 1.54) is 0 Å². The molecule has 90 valence electrons. The monoisotopic (exact) mass is 233 g/mol. The second kappa shape index (κ2) is 6.24. The van der Waals surface area contributed by atoms with Gasteiger partial charge in [0.2, 0.25) is 0 Å². The normalized spacial score (nSPS) is 19.2. The summed E-state index contributed by atoms with van der Waals surface area (Å²) in [6, 6.07) is 1.82. The van der Waals surface area contributed by atoms with Crippen LogP contribution in [0.1, 0.15) is 18.4 Å². The summed E-state index contributed by atoms with van der Waals surface area (Å²) in [6.07, 6.45) is 5.45. The van der Waals surface area contributed by atoms with Gasteiger partial charge in [0, 0.05) is 18.4 Å².